The fourth-order valence-corrected chi connectivity index (χ4v) is 2.31. The molecular weight excluding hydrogens is 238 g/mol. The summed E-state index contributed by atoms with van der Waals surface area (Å²) in [5.41, 5.74) is 0.521. The molecule has 0 spiro atoms. The van der Waals surface area contributed by atoms with Crippen molar-refractivity contribution in [3.8, 4) is 0 Å². The van der Waals surface area contributed by atoms with Crippen LogP contribution in [-0.2, 0) is 11.2 Å². The average Bonchev–Trinajstić information content (AvgIpc) is 2.78. The normalized spacial score (nSPS) is 23.1. The maximum Gasteiger partial charge on any atom is 0.323 e. The lowest BCUT2D eigenvalue weighted by Crippen LogP contribution is -2.47. The predicted octanol–water partition coefficient (Wildman–Crippen LogP) is 2.25. The second-order valence-corrected chi connectivity index (χ2v) is 4.40. The number of hydrogen-bond acceptors (Lipinski definition) is 2. The Balaban J connectivity index is 0.00000144. The summed E-state index contributed by atoms with van der Waals surface area (Å²) in [7, 11) is 0. The quantitative estimate of drug-likeness (QED) is 0.868. The minimum atomic E-state index is -0.707. The van der Waals surface area contributed by atoms with Gasteiger partial charge in [0.15, 0.2) is 0 Å². The van der Waals surface area contributed by atoms with Gasteiger partial charge in [-0.05, 0) is 37.8 Å². The van der Waals surface area contributed by atoms with Crippen LogP contribution in [0, 0.1) is 0 Å². The van der Waals surface area contributed by atoms with E-state index in [1.807, 2.05) is 30.3 Å². The summed E-state index contributed by atoms with van der Waals surface area (Å²) in [5.74, 6) is -0.707. The number of aryl methyl sites for hydroxylation is 1. The van der Waals surface area contributed by atoms with Crippen LogP contribution in [-0.4, -0.2) is 23.2 Å². The number of halogens is 1. The Morgan fingerprint density at radius 3 is 2.59 bits per heavy atom. The Hall–Kier alpha value is -1.06. The Morgan fingerprint density at radius 2 is 2.06 bits per heavy atom. The summed E-state index contributed by atoms with van der Waals surface area (Å²) in [4.78, 5) is 11.3. The highest BCUT2D eigenvalue weighted by Gasteiger charge is 2.40. The Labute approximate surface area is 108 Å². The van der Waals surface area contributed by atoms with Crippen molar-refractivity contribution in [2.45, 2.75) is 31.2 Å². The minimum Gasteiger partial charge on any atom is -0.480 e. The maximum absolute atomic E-state index is 11.3. The molecule has 2 rings (SSSR count). The molecule has 0 amide bonds. The zero-order valence-electron chi connectivity index (χ0n) is 9.69. The molecule has 1 aliphatic rings. The maximum atomic E-state index is 11.3. The summed E-state index contributed by atoms with van der Waals surface area (Å²) in [6, 6.07) is 10.1. The zero-order valence-corrected chi connectivity index (χ0v) is 10.5. The van der Waals surface area contributed by atoms with Gasteiger partial charge >= 0.3 is 5.97 Å². The van der Waals surface area contributed by atoms with Gasteiger partial charge in [0, 0.05) is 0 Å². The summed E-state index contributed by atoms with van der Waals surface area (Å²) in [5, 5.41) is 12.4. The lowest BCUT2D eigenvalue weighted by molar-refractivity contribution is -0.144. The molecule has 1 atom stereocenters. The van der Waals surface area contributed by atoms with E-state index in [1.165, 1.54) is 5.56 Å². The summed E-state index contributed by atoms with van der Waals surface area (Å²) < 4.78 is 0. The van der Waals surface area contributed by atoms with Crippen molar-refractivity contribution in [2.75, 3.05) is 6.54 Å². The Kier molecular flexibility index (Phi) is 4.97. The molecule has 0 bridgehead atoms. The highest BCUT2D eigenvalue weighted by molar-refractivity contribution is 5.85. The number of aliphatic carboxylic acids is 1. The van der Waals surface area contributed by atoms with Crippen molar-refractivity contribution >= 4 is 18.4 Å². The van der Waals surface area contributed by atoms with Crippen LogP contribution in [0.2, 0.25) is 0 Å². The van der Waals surface area contributed by atoms with Crippen LogP contribution in [0.4, 0.5) is 0 Å². The third-order valence-electron chi connectivity index (χ3n) is 3.34. The first-order valence-corrected chi connectivity index (χ1v) is 5.75. The third-order valence-corrected chi connectivity index (χ3v) is 3.34. The van der Waals surface area contributed by atoms with E-state index in [9.17, 15) is 9.90 Å². The van der Waals surface area contributed by atoms with Gasteiger partial charge in [-0.15, -0.1) is 12.4 Å². The number of hydrogen-bond donors (Lipinski definition) is 2. The first-order valence-electron chi connectivity index (χ1n) is 5.75. The van der Waals surface area contributed by atoms with Crippen molar-refractivity contribution in [3.63, 3.8) is 0 Å². The molecule has 1 aromatic carbocycles. The Bertz CT molecular complexity index is 361. The van der Waals surface area contributed by atoms with E-state index in [1.54, 1.807) is 0 Å². The van der Waals surface area contributed by atoms with Gasteiger partial charge in [-0.3, -0.25) is 4.79 Å². The molecule has 0 aliphatic carbocycles. The van der Waals surface area contributed by atoms with Gasteiger partial charge in [-0.1, -0.05) is 30.3 Å². The second-order valence-electron chi connectivity index (χ2n) is 4.40. The first-order chi connectivity index (χ1) is 7.73. The van der Waals surface area contributed by atoms with Crippen molar-refractivity contribution in [1.82, 2.24) is 5.32 Å². The van der Waals surface area contributed by atoms with Gasteiger partial charge in [0.05, 0.1) is 0 Å². The van der Waals surface area contributed by atoms with Crippen molar-refractivity contribution in [1.29, 1.82) is 0 Å². The highest BCUT2D eigenvalue weighted by Crippen LogP contribution is 2.25. The molecule has 0 radical (unpaired) electrons. The molecule has 1 aliphatic heterocycles. The monoisotopic (exact) mass is 255 g/mol. The van der Waals surface area contributed by atoms with Gasteiger partial charge in [-0.25, -0.2) is 0 Å². The van der Waals surface area contributed by atoms with Gasteiger partial charge in [-0.2, -0.15) is 0 Å². The van der Waals surface area contributed by atoms with E-state index < -0.39 is 11.5 Å². The molecule has 1 saturated heterocycles. The summed E-state index contributed by atoms with van der Waals surface area (Å²) in [6.45, 7) is 0.821. The number of benzene rings is 1. The number of rotatable bonds is 4. The predicted molar refractivity (Wildman–Crippen MR) is 69.6 cm³/mol. The Morgan fingerprint density at radius 1 is 1.35 bits per heavy atom. The summed E-state index contributed by atoms with van der Waals surface area (Å²) in [6.07, 6.45) is 3.20. The van der Waals surface area contributed by atoms with E-state index in [2.05, 4.69) is 5.32 Å². The van der Waals surface area contributed by atoms with Gasteiger partial charge in [0.25, 0.3) is 0 Å². The standard InChI is InChI=1S/C13H17NO2.ClH/c15-12(16)13(8-4-10-14-13)9-7-11-5-2-1-3-6-11;/h1-3,5-6,14H,4,7-10H2,(H,15,16);1H/t13-;/m0./s1. The molecule has 94 valence electrons. The van der Waals surface area contributed by atoms with Crippen LogP contribution in [0.1, 0.15) is 24.8 Å². The molecular formula is C13H18ClNO2. The van der Waals surface area contributed by atoms with E-state index in [4.69, 9.17) is 0 Å². The van der Waals surface area contributed by atoms with Crippen molar-refractivity contribution in [3.05, 3.63) is 35.9 Å². The van der Waals surface area contributed by atoms with Crippen LogP contribution < -0.4 is 5.32 Å². The minimum absolute atomic E-state index is 0. The smallest absolute Gasteiger partial charge is 0.323 e. The molecule has 1 aromatic rings. The highest BCUT2D eigenvalue weighted by atomic mass is 35.5. The number of carboxylic acid groups (broad SMARTS) is 1. The van der Waals surface area contributed by atoms with Gasteiger partial charge in [0.1, 0.15) is 5.54 Å². The van der Waals surface area contributed by atoms with Crippen LogP contribution in [0.25, 0.3) is 0 Å². The molecule has 3 nitrogen and oxygen atoms in total. The lowest BCUT2D eigenvalue weighted by Gasteiger charge is -2.24. The summed E-state index contributed by atoms with van der Waals surface area (Å²) >= 11 is 0. The molecule has 0 aromatic heterocycles. The zero-order chi connectivity index (χ0) is 11.4. The second kappa shape index (κ2) is 6.03. The number of nitrogens with one attached hydrogen (secondary N) is 1. The van der Waals surface area contributed by atoms with Crippen LogP contribution in [0.5, 0.6) is 0 Å². The third kappa shape index (κ3) is 3.20. The molecule has 4 heteroatoms. The van der Waals surface area contributed by atoms with Crippen LogP contribution in [0.15, 0.2) is 30.3 Å². The van der Waals surface area contributed by atoms with E-state index in [0.717, 1.165) is 25.8 Å². The lowest BCUT2D eigenvalue weighted by atomic mass is 9.90. The fourth-order valence-electron chi connectivity index (χ4n) is 2.31. The van der Waals surface area contributed by atoms with Crippen LogP contribution >= 0.6 is 12.4 Å². The van der Waals surface area contributed by atoms with Gasteiger partial charge < -0.3 is 10.4 Å². The van der Waals surface area contributed by atoms with Crippen molar-refractivity contribution < 1.29 is 9.90 Å². The van der Waals surface area contributed by atoms with E-state index in [0.29, 0.717) is 6.42 Å². The number of carboxylic acids is 1. The van der Waals surface area contributed by atoms with E-state index >= 15 is 0 Å². The average molecular weight is 256 g/mol. The van der Waals surface area contributed by atoms with Crippen LogP contribution in [0.3, 0.4) is 0 Å². The topological polar surface area (TPSA) is 49.3 Å². The van der Waals surface area contributed by atoms with Gasteiger partial charge in [0.2, 0.25) is 0 Å². The number of carbonyl (C=O) groups is 1. The molecule has 1 fully saturated rings. The molecule has 0 unspecified atom stereocenters. The largest absolute Gasteiger partial charge is 0.480 e. The SMILES string of the molecule is Cl.O=C(O)[C@@]1(CCc2ccccc2)CCCN1. The first kappa shape index (κ1) is 14.0. The van der Waals surface area contributed by atoms with Crippen molar-refractivity contribution in [2.24, 2.45) is 0 Å². The van der Waals surface area contributed by atoms with E-state index in [-0.39, 0.29) is 12.4 Å². The molecule has 1 heterocycles. The fraction of sp³-hybridized carbons (Fsp3) is 0.462. The molecule has 2 N–H and O–H groups in total. The molecule has 0 saturated carbocycles. The molecule has 17 heavy (non-hydrogen) atoms.